The Balaban J connectivity index is 0.00000280. The average molecular weight is 428 g/mol. The Kier molecular flexibility index (Phi) is 7.39. The molecule has 152 valence electrons. The van der Waals surface area contributed by atoms with Crippen molar-refractivity contribution in [2.45, 2.75) is 17.9 Å². The van der Waals surface area contributed by atoms with Gasteiger partial charge in [0, 0.05) is 19.6 Å². The zero-order valence-electron chi connectivity index (χ0n) is 15.2. The molecule has 10 heteroatoms. The first-order valence-electron chi connectivity index (χ1n) is 8.43. The summed E-state index contributed by atoms with van der Waals surface area (Å²) in [6, 6.07) is 12.5. The lowest BCUT2D eigenvalue weighted by molar-refractivity contribution is -0.133. The number of hydrogen-bond donors (Lipinski definition) is 3. The zero-order chi connectivity index (χ0) is 19.4. The molecule has 2 aromatic carbocycles. The van der Waals surface area contributed by atoms with E-state index in [0.717, 1.165) is 9.87 Å². The Hall–Kier alpha value is -2.17. The largest absolute Gasteiger partial charge is 0.457 e. The summed E-state index contributed by atoms with van der Waals surface area (Å²) in [5.41, 5.74) is 2.64. The van der Waals surface area contributed by atoms with Gasteiger partial charge in [0.25, 0.3) is 5.91 Å². The van der Waals surface area contributed by atoms with Crippen molar-refractivity contribution < 1.29 is 23.2 Å². The summed E-state index contributed by atoms with van der Waals surface area (Å²) in [5.74, 6) is 0.380. The van der Waals surface area contributed by atoms with Crippen molar-refractivity contribution in [1.29, 1.82) is 0 Å². The molecule has 3 rings (SSSR count). The predicted molar refractivity (Wildman–Crippen MR) is 105 cm³/mol. The molecule has 0 bridgehead atoms. The number of carbonyl (C=O) groups excluding carboxylic acids is 1. The average Bonchev–Trinajstić information content (AvgIpc) is 2.69. The summed E-state index contributed by atoms with van der Waals surface area (Å²) in [6.07, 6.45) is 0. The van der Waals surface area contributed by atoms with E-state index in [4.69, 9.17) is 9.94 Å². The second kappa shape index (κ2) is 9.35. The molecule has 0 aromatic heterocycles. The number of ether oxygens (including phenoxy) is 1. The Morgan fingerprint density at radius 2 is 1.71 bits per heavy atom. The molecule has 8 nitrogen and oxygen atoms in total. The second-order valence-electron chi connectivity index (χ2n) is 6.20. The van der Waals surface area contributed by atoms with E-state index in [2.05, 4.69) is 5.32 Å². The van der Waals surface area contributed by atoms with Gasteiger partial charge >= 0.3 is 0 Å². The number of rotatable bonds is 5. The number of benzene rings is 2. The van der Waals surface area contributed by atoms with Gasteiger partial charge in [0.2, 0.25) is 10.0 Å². The molecule has 1 aliphatic rings. The van der Waals surface area contributed by atoms with Crippen LogP contribution in [0.3, 0.4) is 0 Å². The van der Waals surface area contributed by atoms with Crippen molar-refractivity contribution in [2.24, 2.45) is 0 Å². The van der Waals surface area contributed by atoms with Crippen LogP contribution in [0.1, 0.15) is 5.56 Å². The van der Waals surface area contributed by atoms with Gasteiger partial charge < -0.3 is 10.1 Å². The van der Waals surface area contributed by atoms with Gasteiger partial charge in [-0.05, 0) is 43.3 Å². The maximum absolute atomic E-state index is 12.9. The predicted octanol–water partition coefficient (Wildman–Crippen LogP) is 1.68. The SMILES string of the molecule is Cc1ccc(Oc2ccc(S(=O)(=O)N3CCNCC3C(=O)NO)cc2)cc1.Cl. The van der Waals surface area contributed by atoms with Crippen molar-refractivity contribution >= 4 is 28.3 Å². The Bertz CT molecular complexity index is 904. The van der Waals surface area contributed by atoms with Gasteiger partial charge in [-0.15, -0.1) is 12.4 Å². The number of sulfonamides is 1. The van der Waals surface area contributed by atoms with Crippen molar-refractivity contribution in [3.8, 4) is 11.5 Å². The highest BCUT2D eigenvalue weighted by molar-refractivity contribution is 7.89. The van der Waals surface area contributed by atoms with E-state index in [1.807, 2.05) is 31.2 Å². The molecule has 0 saturated carbocycles. The molecule has 1 unspecified atom stereocenters. The van der Waals surface area contributed by atoms with Crippen LogP contribution in [-0.4, -0.2) is 49.5 Å². The lowest BCUT2D eigenvalue weighted by Crippen LogP contribution is -2.59. The van der Waals surface area contributed by atoms with Crippen LogP contribution in [-0.2, 0) is 14.8 Å². The van der Waals surface area contributed by atoms with Crippen LogP contribution in [0.2, 0.25) is 0 Å². The number of carbonyl (C=O) groups is 1. The van der Waals surface area contributed by atoms with E-state index < -0.39 is 22.0 Å². The first kappa shape index (κ1) is 22.1. The highest BCUT2D eigenvalue weighted by atomic mass is 35.5. The maximum Gasteiger partial charge on any atom is 0.263 e. The molecule has 0 spiro atoms. The van der Waals surface area contributed by atoms with Crippen molar-refractivity contribution in [3.05, 3.63) is 54.1 Å². The number of hydroxylamine groups is 1. The first-order chi connectivity index (χ1) is 12.9. The normalized spacial score (nSPS) is 17.4. The van der Waals surface area contributed by atoms with E-state index >= 15 is 0 Å². The minimum Gasteiger partial charge on any atom is -0.457 e. The summed E-state index contributed by atoms with van der Waals surface area (Å²) in [5, 5.41) is 11.8. The molecule has 0 radical (unpaired) electrons. The Morgan fingerprint density at radius 3 is 2.29 bits per heavy atom. The number of halogens is 1. The van der Waals surface area contributed by atoms with Crippen LogP contribution in [0.15, 0.2) is 53.4 Å². The fourth-order valence-electron chi connectivity index (χ4n) is 2.83. The standard InChI is InChI=1S/C18H21N3O5S.ClH/c1-13-2-4-14(5-3-13)26-15-6-8-16(9-7-15)27(24,25)21-11-10-19-12-17(21)18(22)20-23;/h2-9,17,19,23H,10-12H2,1H3,(H,20,22);1H. The third kappa shape index (κ3) is 4.81. The number of aryl methyl sites for hydroxylation is 1. The van der Waals surface area contributed by atoms with E-state index in [9.17, 15) is 13.2 Å². The summed E-state index contributed by atoms with van der Waals surface area (Å²) in [4.78, 5) is 11.9. The minimum absolute atomic E-state index is 0. The zero-order valence-corrected chi connectivity index (χ0v) is 16.8. The Morgan fingerprint density at radius 1 is 1.14 bits per heavy atom. The molecule has 1 atom stereocenters. The lowest BCUT2D eigenvalue weighted by atomic mass is 10.2. The number of nitrogens with zero attached hydrogens (tertiary/aromatic N) is 1. The maximum atomic E-state index is 12.9. The summed E-state index contributed by atoms with van der Waals surface area (Å²) in [7, 11) is -3.90. The summed E-state index contributed by atoms with van der Waals surface area (Å²) in [6.45, 7) is 2.65. The fourth-order valence-corrected chi connectivity index (χ4v) is 4.42. The van der Waals surface area contributed by atoms with Crippen molar-refractivity contribution in [1.82, 2.24) is 15.1 Å². The third-order valence-corrected chi connectivity index (χ3v) is 6.22. The van der Waals surface area contributed by atoms with Crippen LogP contribution in [0.4, 0.5) is 0 Å². The molecule has 28 heavy (non-hydrogen) atoms. The smallest absolute Gasteiger partial charge is 0.263 e. The van der Waals surface area contributed by atoms with Gasteiger partial charge in [-0.1, -0.05) is 17.7 Å². The van der Waals surface area contributed by atoms with E-state index in [1.54, 1.807) is 12.1 Å². The molecule has 1 aliphatic heterocycles. The van der Waals surface area contributed by atoms with Gasteiger partial charge in [-0.3, -0.25) is 10.0 Å². The van der Waals surface area contributed by atoms with Crippen LogP contribution in [0.5, 0.6) is 11.5 Å². The quantitative estimate of drug-likeness (QED) is 0.495. The molecule has 3 N–H and O–H groups in total. The lowest BCUT2D eigenvalue weighted by Gasteiger charge is -2.33. The summed E-state index contributed by atoms with van der Waals surface area (Å²) < 4.78 is 32.6. The highest BCUT2D eigenvalue weighted by Crippen LogP contribution is 2.25. The molecule has 0 aliphatic carbocycles. The van der Waals surface area contributed by atoms with Crippen molar-refractivity contribution in [3.63, 3.8) is 0 Å². The molecule has 1 amide bonds. The van der Waals surface area contributed by atoms with Crippen LogP contribution in [0.25, 0.3) is 0 Å². The molecule has 1 fully saturated rings. The van der Waals surface area contributed by atoms with Gasteiger partial charge in [-0.2, -0.15) is 4.31 Å². The molecular weight excluding hydrogens is 406 g/mol. The monoisotopic (exact) mass is 427 g/mol. The Labute approximate surface area is 169 Å². The molecule has 2 aromatic rings. The van der Waals surface area contributed by atoms with Gasteiger partial charge in [0.05, 0.1) is 4.90 Å². The first-order valence-corrected chi connectivity index (χ1v) is 9.87. The van der Waals surface area contributed by atoms with E-state index in [-0.39, 0.29) is 30.4 Å². The van der Waals surface area contributed by atoms with Gasteiger partial charge in [0.15, 0.2) is 0 Å². The number of piperazine rings is 1. The van der Waals surface area contributed by atoms with Crippen LogP contribution < -0.4 is 15.5 Å². The van der Waals surface area contributed by atoms with Gasteiger partial charge in [0.1, 0.15) is 17.5 Å². The van der Waals surface area contributed by atoms with Crippen LogP contribution >= 0.6 is 12.4 Å². The second-order valence-corrected chi connectivity index (χ2v) is 8.09. The fraction of sp³-hybridized carbons (Fsp3) is 0.278. The van der Waals surface area contributed by atoms with Gasteiger partial charge in [-0.25, -0.2) is 13.9 Å². The highest BCUT2D eigenvalue weighted by Gasteiger charge is 2.37. The topological polar surface area (TPSA) is 108 Å². The molecule has 1 heterocycles. The number of amides is 1. The van der Waals surface area contributed by atoms with E-state index in [1.165, 1.54) is 17.6 Å². The van der Waals surface area contributed by atoms with Crippen molar-refractivity contribution in [2.75, 3.05) is 19.6 Å². The van der Waals surface area contributed by atoms with Crippen LogP contribution in [0, 0.1) is 6.92 Å². The summed E-state index contributed by atoms with van der Waals surface area (Å²) >= 11 is 0. The third-order valence-electron chi connectivity index (χ3n) is 4.29. The van der Waals surface area contributed by atoms with E-state index in [0.29, 0.717) is 18.0 Å². The number of hydrogen-bond acceptors (Lipinski definition) is 6. The molecular formula is C18H22ClN3O5S. The number of nitrogens with one attached hydrogen (secondary N) is 2. The minimum atomic E-state index is -3.90. The molecule has 1 saturated heterocycles.